The van der Waals surface area contributed by atoms with Crippen molar-refractivity contribution in [3.05, 3.63) is 41.9 Å². The van der Waals surface area contributed by atoms with Gasteiger partial charge in [-0.1, -0.05) is 12.1 Å². The van der Waals surface area contributed by atoms with Crippen LogP contribution >= 0.6 is 11.8 Å². The molecule has 0 aliphatic rings. The number of nitrogens with one attached hydrogen (secondary N) is 3. The van der Waals surface area contributed by atoms with Crippen LogP contribution in [0.4, 0.5) is 5.82 Å². The number of aliphatic imine (C=N–C) groups is 1. The third-order valence-corrected chi connectivity index (χ3v) is 5.17. The number of hydrogen-bond donors (Lipinski definition) is 3. The van der Waals surface area contributed by atoms with Crippen molar-refractivity contribution in [2.24, 2.45) is 12.0 Å². The van der Waals surface area contributed by atoms with Crippen molar-refractivity contribution in [1.29, 1.82) is 0 Å². The molecule has 148 valence electrons. The van der Waals surface area contributed by atoms with Gasteiger partial charge < -0.3 is 16.0 Å². The number of guanidine groups is 1. The molecule has 0 amide bonds. The second kappa shape index (κ2) is 9.41. The molecule has 0 saturated carbocycles. The molecule has 2 heterocycles. The predicted octanol–water partition coefficient (Wildman–Crippen LogP) is 2.17. The zero-order chi connectivity index (χ0) is 19.9. The first kappa shape index (κ1) is 19.9. The van der Waals surface area contributed by atoms with Crippen LogP contribution < -0.4 is 16.0 Å². The van der Waals surface area contributed by atoms with Crippen LogP contribution in [0.5, 0.6) is 0 Å². The van der Waals surface area contributed by atoms with Crippen LogP contribution in [0.1, 0.15) is 11.1 Å². The quantitative estimate of drug-likeness (QED) is 0.243. The molecule has 2 aromatic heterocycles. The summed E-state index contributed by atoms with van der Waals surface area (Å²) in [6.45, 7) is 4.24. The van der Waals surface area contributed by atoms with E-state index in [4.69, 9.17) is 0 Å². The highest BCUT2D eigenvalue weighted by atomic mass is 32.2. The molecule has 8 nitrogen and oxygen atoms in total. The number of hydrogen-bond acceptors (Lipinski definition) is 6. The number of anilines is 1. The first-order valence-electron chi connectivity index (χ1n) is 9.07. The van der Waals surface area contributed by atoms with Crippen molar-refractivity contribution in [1.82, 2.24) is 30.4 Å². The third-order valence-electron chi connectivity index (χ3n) is 4.35. The molecular formula is C19H26N8S. The molecule has 0 unspecified atom stereocenters. The fourth-order valence-electron chi connectivity index (χ4n) is 2.86. The van der Waals surface area contributed by atoms with Crippen LogP contribution in [0.3, 0.4) is 0 Å². The molecule has 0 fully saturated rings. The summed E-state index contributed by atoms with van der Waals surface area (Å²) in [4.78, 5) is 14.1. The Morgan fingerprint density at radius 3 is 2.86 bits per heavy atom. The molecule has 28 heavy (non-hydrogen) atoms. The summed E-state index contributed by atoms with van der Waals surface area (Å²) in [6, 6.07) is 6.51. The van der Waals surface area contributed by atoms with E-state index in [1.807, 2.05) is 7.05 Å². The van der Waals surface area contributed by atoms with Crippen molar-refractivity contribution in [3.63, 3.8) is 0 Å². The number of fused-ring (bicyclic) bond motifs is 1. The Morgan fingerprint density at radius 2 is 2.07 bits per heavy atom. The molecule has 3 aromatic rings. The molecule has 0 saturated heterocycles. The van der Waals surface area contributed by atoms with E-state index in [9.17, 15) is 0 Å². The minimum atomic E-state index is 0.697. The van der Waals surface area contributed by atoms with Gasteiger partial charge in [-0.05, 0) is 30.4 Å². The van der Waals surface area contributed by atoms with Gasteiger partial charge in [0.2, 0.25) is 0 Å². The second-order valence-electron chi connectivity index (χ2n) is 6.32. The monoisotopic (exact) mass is 398 g/mol. The Kier molecular flexibility index (Phi) is 6.70. The van der Waals surface area contributed by atoms with Crippen molar-refractivity contribution >= 4 is 34.6 Å². The summed E-state index contributed by atoms with van der Waals surface area (Å²) < 4.78 is 1.74. The van der Waals surface area contributed by atoms with Crippen LogP contribution in [-0.4, -0.2) is 52.1 Å². The fourth-order valence-corrected chi connectivity index (χ4v) is 3.57. The number of rotatable bonds is 7. The zero-order valence-electron chi connectivity index (χ0n) is 16.7. The average molecular weight is 399 g/mol. The summed E-state index contributed by atoms with van der Waals surface area (Å²) in [5, 5.41) is 15.2. The van der Waals surface area contributed by atoms with Crippen molar-refractivity contribution in [3.8, 4) is 0 Å². The lowest BCUT2D eigenvalue weighted by molar-refractivity contribution is 0.785. The normalized spacial score (nSPS) is 11.6. The maximum absolute atomic E-state index is 4.31. The Bertz CT molecular complexity index is 966. The molecule has 0 aliphatic heterocycles. The molecule has 9 heteroatoms. The van der Waals surface area contributed by atoms with Gasteiger partial charge in [-0.25, -0.2) is 9.97 Å². The summed E-state index contributed by atoms with van der Waals surface area (Å²) in [5.74, 6) is 1.55. The van der Waals surface area contributed by atoms with Crippen LogP contribution in [0, 0.1) is 6.92 Å². The average Bonchev–Trinajstić information content (AvgIpc) is 3.10. The highest BCUT2D eigenvalue weighted by Crippen LogP contribution is 2.21. The van der Waals surface area contributed by atoms with E-state index in [0.717, 1.165) is 29.4 Å². The maximum Gasteiger partial charge on any atom is 0.191 e. The Morgan fingerprint density at radius 1 is 1.21 bits per heavy atom. The smallest absolute Gasteiger partial charge is 0.191 e. The molecular weight excluding hydrogens is 372 g/mol. The molecule has 0 spiro atoms. The van der Waals surface area contributed by atoms with Crippen LogP contribution in [-0.2, 0) is 13.6 Å². The summed E-state index contributed by atoms with van der Waals surface area (Å²) in [6.07, 6.45) is 5.42. The minimum absolute atomic E-state index is 0.697. The Balaban J connectivity index is 1.49. The Hall–Kier alpha value is -2.81. The van der Waals surface area contributed by atoms with Gasteiger partial charge in [-0.3, -0.25) is 9.67 Å². The third kappa shape index (κ3) is 4.72. The van der Waals surface area contributed by atoms with Gasteiger partial charge in [0.25, 0.3) is 0 Å². The van der Waals surface area contributed by atoms with E-state index in [0.29, 0.717) is 13.1 Å². The van der Waals surface area contributed by atoms with Gasteiger partial charge >= 0.3 is 0 Å². The molecule has 3 rings (SSSR count). The standard InChI is InChI=1S/C19H26N8S/c1-13-5-6-14(16(9-13)28-4)10-23-19(20-2)22-8-7-21-17-15-11-26-27(3)18(15)25-12-24-17/h5-6,9,11-12H,7-8,10H2,1-4H3,(H2,20,22,23)(H,21,24,25). The number of aryl methyl sites for hydroxylation is 2. The number of thioether (sulfide) groups is 1. The summed E-state index contributed by atoms with van der Waals surface area (Å²) >= 11 is 1.76. The van der Waals surface area contributed by atoms with E-state index in [1.165, 1.54) is 16.0 Å². The molecule has 0 bridgehead atoms. The van der Waals surface area contributed by atoms with E-state index in [2.05, 4.69) is 67.4 Å². The van der Waals surface area contributed by atoms with E-state index in [1.54, 1.807) is 36.0 Å². The molecule has 3 N–H and O–H groups in total. The first-order valence-corrected chi connectivity index (χ1v) is 10.3. The molecule has 0 aliphatic carbocycles. The van der Waals surface area contributed by atoms with Gasteiger partial charge in [-0.15, -0.1) is 11.8 Å². The van der Waals surface area contributed by atoms with E-state index in [-0.39, 0.29) is 0 Å². The van der Waals surface area contributed by atoms with Gasteiger partial charge in [0, 0.05) is 38.6 Å². The van der Waals surface area contributed by atoms with Crippen molar-refractivity contribution in [2.45, 2.75) is 18.4 Å². The van der Waals surface area contributed by atoms with Crippen LogP contribution in [0.25, 0.3) is 11.0 Å². The SMILES string of the molecule is CN=C(NCCNc1ncnc2c1cnn2C)NCc1ccc(C)cc1SC. The molecule has 0 atom stereocenters. The van der Waals surface area contributed by atoms with Crippen molar-refractivity contribution < 1.29 is 0 Å². The molecule has 1 aromatic carbocycles. The van der Waals surface area contributed by atoms with Gasteiger partial charge in [0.05, 0.1) is 11.6 Å². The zero-order valence-corrected chi connectivity index (χ0v) is 17.5. The lowest BCUT2D eigenvalue weighted by atomic mass is 10.1. The Labute approximate surface area is 169 Å². The topological polar surface area (TPSA) is 92.1 Å². The first-order chi connectivity index (χ1) is 13.6. The number of benzene rings is 1. The van der Waals surface area contributed by atoms with Gasteiger partial charge in [0.1, 0.15) is 12.1 Å². The second-order valence-corrected chi connectivity index (χ2v) is 7.17. The molecule has 0 radical (unpaired) electrons. The van der Waals surface area contributed by atoms with E-state index < -0.39 is 0 Å². The maximum atomic E-state index is 4.31. The van der Waals surface area contributed by atoms with E-state index >= 15 is 0 Å². The number of nitrogens with zero attached hydrogens (tertiary/aromatic N) is 5. The predicted molar refractivity (Wildman–Crippen MR) is 116 cm³/mol. The highest BCUT2D eigenvalue weighted by molar-refractivity contribution is 7.98. The minimum Gasteiger partial charge on any atom is -0.368 e. The largest absolute Gasteiger partial charge is 0.368 e. The summed E-state index contributed by atoms with van der Waals surface area (Å²) in [7, 11) is 3.64. The highest BCUT2D eigenvalue weighted by Gasteiger charge is 2.07. The van der Waals surface area contributed by atoms with Crippen LogP contribution in [0.2, 0.25) is 0 Å². The van der Waals surface area contributed by atoms with Crippen molar-refractivity contribution in [2.75, 3.05) is 31.7 Å². The lowest BCUT2D eigenvalue weighted by Crippen LogP contribution is -2.39. The fraction of sp³-hybridized carbons (Fsp3) is 0.368. The van der Waals surface area contributed by atoms with Gasteiger partial charge in [0.15, 0.2) is 11.6 Å². The van der Waals surface area contributed by atoms with Gasteiger partial charge in [-0.2, -0.15) is 5.10 Å². The summed E-state index contributed by atoms with van der Waals surface area (Å²) in [5.41, 5.74) is 3.35. The van der Waals surface area contributed by atoms with Crippen LogP contribution in [0.15, 0.2) is 40.6 Å². The lowest BCUT2D eigenvalue weighted by Gasteiger charge is -2.14. The number of aromatic nitrogens is 4.